The maximum atomic E-state index is 12.9. The summed E-state index contributed by atoms with van der Waals surface area (Å²) < 4.78 is 23.3. The molecule has 2 aliphatic rings. The number of amides is 2. The molecule has 8 atom stereocenters. The SMILES string of the molecule is CCCCCOc1ccc(NC(=O)C2=C[C@H](O)[C@H](O)[C@@H](O[C@@H](C(N)=O)[C@H]3O[C@@H](n4ccc(=O)[nH]c4=O)[C@H](O)[C@@H]3CO)O2)cc1. The zero-order valence-corrected chi connectivity index (χ0v) is 23.8. The molecule has 8 N–H and O–H groups in total. The van der Waals surface area contributed by atoms with Crippen LogP contribution in [0.3, 0.4) is 0 Å². The Hall–Kier alpha value is -4.06. The van der Waals surface area contributed by atoms with Crippen molar-refractivity contribution in [3.8, 4) is 5.75 Å². The zero-order valence-electron chi connectivity index (χ0n) is 23.8. The maximum absolute atomic E-state index is 12.9. The van der Waals surface area contributed by atoms with Crippen molar-refractivity contribution < 1.29 is 49.0 Å². The van der Waals surface area contributed by atoms with Crippen LogP contribution in [0.25, 0.3) is 0 Å². The molecule has 1 aromatic carbocycles. The number of nitrogens with zero attached hydrogens (tertiary/aromatic N) is 1. The van der Waals surface area contributed by atoms with E-state index in [0.717, 1.165) is 42.2 Å². The molecule has 240 valence electrons. The number of benzene rings is 1. The lowest BCUT2D eigenvalue weighted by atomic mass is 9.94. The van der Waals surface area contributed by atoms with Gasteiger partial charge in [0.05, 0.1) is 13.2 Å². The highest BCUT2D eigenvalue weighted by Gasteiger charge is 2.51. The monoisotopic (exact) mass is 620 g/mol. The number of hydrogen-bond acceptors (Lipinski definition) is 12. The Labute approximate surface area is 250 Å². The molecular formula is C28H36N4O12. The van der Waals surface area contributed by atoms with Crippen LogP contribution in [0.1, 0.15) is 32.4 Å². The number of aliphatic hydroxyl groups is 4. The molecule has 3 heterocycles. The summed E-state index contributed by atoms with van der Waals surface area (Å²) >= 11 is 0. The first kappa shape index (κ1) is 32.8. The van der Waals surface area contributed by atoms with E-state index in [1.165, 1.54) is 0 Å². The summed E-state index contributed by atoms with van der Waals surface area (Å²) in [5.74, 6) is -3.04. The first-order valence-corrected chi connectivity index (χ1v) is 14.0. The van der Waals surface area contributed by atoms with Crippen molar-refractivity contribution in [3.63, 3.8) is 0 Å². The van der Waals surface area contributed by atoms with Gasteiger partial charge >= 0.3 is 5.69 Å². The molecule has 2 amide bonds. The van der Waals surface area contributed by atoms with Gasteiger partial charge in [-0.2, -0.15) is 0 Å². The average Bonchev–Trinajstić information content (AvgIpc) is 3.31. The largest absolute Gasteiger partial charge is 0.494 e. The van der Waals surface area contributed by atoms with Crippen LogP contribution < -0.4 is 27.0 Å². The molecule has 1 aromatic heterocycles. The Balaban J connectivity index is 1.46. The highest BCUT2D eigenvalue weighted by molar-refractivity contribution is 6.02. The van der Waals surface area contributed by atoms with E-state index in [0.29, 0.717) is 18.0 Å². The number of hydrogen-bond donors (Lipinski definition) is 7. The lowest BCUT2D eigenvalue weighted by Gasteiger charge is -2.35. The quantitative estimate of drug-likeness (QED) is 0.126. The van der Waals surface area contributed by atoms with Crippen molar-refractivity contribution >= 4 is 17.5 Å². The summed E-state index contributed by atoms with van der Waals surface area (Å²) in [4.78, 5) is 51.2. The van der Waals surface area contributed by atoms with Gasteiger partial charge in [0, 0.05) is 23.9 Å². The highest BCUT2D eigenvalue weighted by Crippen LogP contribution is 2.36. The fourth-order valence-electron chi connectivity index (χ4n) is 4.82. The number of carbonyl (C=O) groups excluding carboxylic acids is 2. The minimum atomic E-state index is -1.83. The van der Waals surface area contributed by atoms with Crippen LogP contribution in [-0.2, 0) is 23.8 Å². The summed E-state index contributed by atoms with van der Waals surface area (Å²) in [5.41, 5.74) is 4.27. The summed E-state index contributed by atoms with van der Waals surface area (Å²) in [5, 5.41) is 44.3. The molecule has 0 unspecified atom stereocenters. The number of nitrogens with one attached hydrogen (secondary N) is 2. The lowest BCUT2D eigenvalue weighted by Crippen LogP contribution is -2.52. The normalized spacial score (nSPS) is 27.2. The van der Waals surface area contributed by atoms with Crippen molar-refractivity contribution in [2.75, 3.05) is 18.5 Å². The summed E-state index contributed by atoms with van der Waals surface area (Å²) in [6.07, 6.45) is -6.61. The van der Waals surface area contributed by atoms with Gasteiger partial charge in [-0.25, -0.2) is 4.79 Å². The molecule has 1 saturated heterocycles. The van der Waals surface area contributed by atoms with Crippen LogP contribution in [0.4, 0.5) is 5.69 Å². The number of anilines is 1. The molecule has 4 rings (SSSR count). The van der Waals surface area contributed by atoms with Gasteiger partial charge in [-0.3, -0.25) is 23.9 Å². The molecule has 2 aromatic rings. The van der Waals surface area contributed by atoms with Crippen molar-refractivity contribution in [3.05, 3.63) is 69.2 Å². The third-order valence-corrected chi connectivity index (χ3v) is 7.19. The Morgan fingerprint density at radius 1 is 1.11 bits per heavy atom. The molecule has 44 heavy (non-hydrogen) atoms. The Bertz CT molecular complexity index is 1440. The Morgan fingerprint density at radius 2 is 1.84 bits per heavy atom. The van der Waals surface area contributed by atoms with Crippen molar-refractivity contribution in [2.45, 2.75) is 69.2 Å². The number of rotatable bonds is 13. The van der Waals surface area contributed by atoms with Crippen LogP contribution in [0, 0.1) is 5.92 Å². The summed E-state index contributed by atoms with van der Waals surface area (Å²) in [7, 11) is 0. The van der Waals surface area contributed by atoms with Gasteiger partial charge in [0.2, 0.25) is 12.2 Å². The van der Waals surface area contributed by atoms with Crippen LogP contribution in [0.15, 0.2) is 58.0 Å². The lowest BCUT2D eigenvalue weighted by molar-refractivity contribution is -0.239. The van der Waals surface area contributed by atoms with Crippen LogP contribution in [0.2, 0.25) is 0 Å². The highest BCUT2D eigenvalue weighted by atomic mass is 16.7. The number of H-pyrrole nitrogens is 1. The van der Waals surface area contributed by atoms with Crippen LogP contribution >= 0.6 is 0 Å². The number of carbonyl (C=O) groups is 2. The van der Waals surface area contributed by atoms with Gasteiger partial charge < -0.3 is 50.4 Å². The van der Waals surface area contributed by atoms with Crippen LogP contribution in [-0.4, -0.2) is 91.8 Å². The molecule has 0 radical (unpaired) electrons. The van der Waals surface area contributed by atoms with Crippen molar-refractivity contribution in [1.82, 2.24) is 9.55 Å². The number of aromatic amines is 1. The summed E-state index contributed by atoms with van der Waals surface area (Å²) in [6, 6.07) is 7.54. The van der Waals surface area contributed by atoms with E-state index in [2.05, 4.69) is 12.2 Å². The van der Waals surface area contributed by atoms with E-state index in [4.69, 9.17) is 24.7 Å². The van der Waals surface area contributed by atoms with Gasteiger partial charge in [0.25, 0.3) is 11.5 Å². The molecule has 16 heteroatoms. The second-order valence-corrected chi connectivity index (χ2v) is 10.3. The van der Waals surface area contributed by atoms with Gasteiger partial charge in [-0.05, 0) is 36.8 Å². The fourth-order valence-corrected chi connectivity index (χ4v) is 4.82. The third kappa shape index (κ3) is 7.53. The number of nitrogens with two attached hydrogens (primary N) is 1. The third-order valence-electron chi connectivity index (χ3n) is 7.19. The topological polar surface area (TPSA) is 245 Å². The van der Waals surface area contributed by atoms with Gasteiger partial charge in [0.15, 0.2) is 18.1 Å². The van der Waals surface area contributed by atoms with Crippen molar-refractivity contribution in [1.29, 1.82) is 0 Å². The van der Waals surface area contributed by atoms with E-state index in [1.807, 2.05) is 4.98 Å². The number of aliphatic hydroxyl groups excluding tert-OH is 4. The standard InChI is InChI=1S/C28H36N4O12/c1-2-3-4-11-41-15-7-5-14(6-8-15)30-25(39)18-12-17(34)21(37)27(42-18)44-23(24(29)38)22-16(13-33)20(36)26(43-22)32-10-9-19(35)31-28(32)40/h5-10,12,16-17,20-23,26-27,33-34,36-37H,2-4,11,13H2,1H3,(H2,29,38)(H,30,39)(H,31,35,40)/t16-,17-,20+,21-,22-,23+,26+,27+/m0/s1. The number of primary amides is 1. The van der Waals surface area contributed by atoms with E-state index in [1.54, 1.807) is 24.3 Å². The van der Waals surface area contributed by atoms with E-state index in [-0.39, 0.29) is 0 Å². The molecule has 0 aliphatic carbocycles. The molecule has 2 aliphatic heterocycles. The number of aromatic nitrogens is 2. The second kappa shape index (κ2) is 14.6. The van der Waals surface area contributed by atoms with Gasteiger partial charge in [-0.1, -0.05) is 19.8 Å². The van der Waals surface area contributed by atoms with E-state index in [9.17, 15) is 39.6 Å². The number of ether oxygens (including phenoxy) is 4. The van der Waals surface area contributed by atoms with Gasteiger partial charge in [-0.15, -0.1) is 0 Å². The molecule has 1 fully saturated rings. The fraction of sp³-hybridized carbons (Fsp3) is 0.500. The molecule has 0 spiro atoms. The first-order valence-electron chi connectivity index (χ1n) is 14.0. The maximum Gasteiger partial charge on any atom is 0.330 e. The molecule has 0 bridgehead atoms. The minimum absolute atomic E-state index is 0.371. The molecule has 0 saturated carbocycles. The van der Waals surface area contributed by atoms with Crippen LogP contribution in [0.5, 0.6) is 5.75 Å². The Kier molecular flexibility index (Phi) is 10.9. The predicted molar refractivity (Wildman–Crippen MR) is 151 cm³/mol. The molecule has 16 nitrogen and oxygen atoms in total. The van der Waals surface area contributed by atoms with E-state index >= 15 is 0 Å². The minimum Gasteiger partial charge on any atom is -0.494 e. The first-order chi connectivity index (χ1) is 21.0. The second-order valence-electron chi connectivity index (χ2n) is 10.3. The van der Waals surface area contributed by atoms with Crippen molar-refractivity contribution in [2.24, 2.45) is 11.7 Å². The van der Waals surface area contributed by atoms with E-state index < -0.39 is 84.4 Å². The smallest absolute Gasteiger partial charge is 0.330 e. The predicted octanol–water partition coefficient (Wildman–Crippen LogP) is -1.56. The number of unbranched alkanes of at least 4 members (excludes halogenated alkanes) is 2. The van der Waals surface area contributed by atoms with Gasteiger partial charge in [0.1, 0.15) is 30.2 Å². The summed E-state index contributed by atoms with van der Waals surface area (Å²) in [6.45, 7) is 1.90. The zero-order chi connectivity index (χ0) is 32.0. The Morgan fingerprint density at radius 3 is 2.48 bits per heavy atom. The molecular weight excluding hydrogens is 584 g/mol. The average molecular weight is 621 g/mol.